The van der Waals surface area contributed by atoms with Crippen LogP contribution in [0.2, 0.25) is 0 Å². The van der Waals surface area contributed by atoms with Gasteiger partial charge in [0.1, 0.15) is 0 Å². The standard InChI is InChI=1S/C13H20N2O2S.ClH/c1-2-11-3-5-13(6-4-11)18(16,17)15-10-12-7-8-14-9-12;/h3-6,12,14-15H,2,7-10H2,1H3;1H. The first-order valence-electron chi connectivity index (χ1n) is 6.41. The molecule has 0 radical (unpaired) electrons. The van der Waals surface area contributed by atoms with Crippen molar-refractivity contribution < 1.29 is 8.42 Å². The molecule has 1 heterocycles. The molecular weight excluding hydrogens is 284 g/mol. The quantitative estimate of drug-likeness (QED) is 0.868. The molecule has 1 atom stereocenters. The Morgan fingerprint density at radius 1 is 1.32 bits per heavy atom. The Labute approximate surface area is 121 Å². The van der Waals surface area contributed by atoms with Gasteiger partial charge < -0.3 is 5.32 Å². The minimum absolute atomic E-state index is 0. The molecular formula is C13H21ClN2O2S. The molecule has 0 aliphatic carbocycles. The Kier molecular flexibility index (Phi) is 6.26. The number of nitrogens with one attached hydrogen (secondary N) is 2. The van der Waals surface area contributed by atoms with Crippen LogP contribution in [0.4, 0.5) is 0 Å². The van der Waals surface area contributed by atoms with Crippen molar-refractivity contribution in [2.45, 2.75) is 24.7 Å². The second-order valence-corrected chi connectivity index (χ2v) is 6.48. The zero-order valence-corrected chi connectivity index (χ0v) is 12.7. The summed E-state index contributed by atoms with van der Waals surface area (Å²) in [4.78, 5) is 0.352. The molecule has 0 amide bonds. The summed E-state index contributed by atoms with van der Waals surface area (Å²) < 4.78 is 26.8. The van der Waals surface area contributed by atoms with Crippen molar-refractivity contribution in [2.24, 2.45) is 5.92 Å². The zero-order valence-electron chi connectivity index (χ0n) is 11.1. The molecule has 1 saturated heterocycles. The predicted molar refractivity (Wildman–Crippen MR) is 79.2 cm³/mol. The van der Waals surface area contributed by atoms with E-state index < -0.39 is 10.0 Å². The summed E-state index contributed by atoms with van der Waals surface area (Å²) in [6.45, 7) is 4.45. The van der Waals surface area contributed by atoms with Gasteiger partial charge in [0.2, 0.25) is 10.0 Å². The molecule has 1 aliphatic rings. The van der Waals surface area contributed by atoms with Crippen molar-refractivity contribution in [1.29, 1.82) is 0 Å². The lowest BCUT2D eigenvalue weighted by molar-refractivity contribution is 0.539. The maximum atomic E-state index is 12.1. The number of rotatable bonds is 5. The van der Waals surface area contributed by atoms with Crippen molar-refractivity contribution in [2.75, 3.05) is 19.6 Å². The van der Waals surface area contributed by atoms with Gasteiger partial charge in [0.25, 0.3) is 0 Å². The first kappa shape index (κ1) is 16.4. The Morgan fingerprint density at radius 2 is 2.00 bits per heavy atom. The van der Waals surface area contributed by atoms with E-state index in [4.69, 9.17) is 0 Å². The molecule has 1 aliphatic heterocycles. The number of hydrogen-bond donors (Lipinski definition) is 2. The van der Waals surface area contributed by atoms with E-state index in [1.807, 2.05) is 12.1 Å². The van der Waals surface area contributed by atoms with Gasteiger partial charge in [-0.3, -0.25) is 0 Å². The van der Waals surface area contributed by atoms with E-state index in [0.29, 0.717) is 17.4 Å². The third-order valence-electron chi connectivity index (χ3n) is 3.37. The van der Waals surface area contributed by atoms with Crippen LogP contribution in [0.5, 0.6) is 0 Å². The molecule has 108 valence electrons. The normalized spacial score (nSPS) is 19.1. The average molecular weight is 305 g/mol. The van der Waals surface area contributed by atoms with Gasteiger partial charge in [-0.15, -0.1) is 12.4 Å². The third-order valence-corrected chi connectivity index (χ3v) is 4.81. The van der Waals surface area contributed by atoms with Gasteiger partial charge in [-0.05, 0) is 49.5 Å². The summed E-state index contributed by atoms with van der Waals surface area (Å²) in [5.74, 6) is 0.412. The fourth-order valence-electron chi connectivity index (χ4n) is 2.10. The van der Waals surface area contributed by atoms with Crippen molar-refractivity contribution >= 4 is 22.4 Å². The van der Waals surface area contributed by atoms with Crippen LogP contribution in [0.3, 0.4) is 0 Å². The first-order chi connectivity index (χ1) is 8.62. The van der Waals surface area contributed by atoms with Crippen LogP contribution in [-0.2, 0) is 16.4 Å². The molecule has 19 heavy (non-hydrogen) atoms. The van der Waals surface area contributed by atoms with Crippen LogP contribution in [-0.4, -0.2) is 28.1 Å². The van der Waals surface area contributed by atoms with E-state index in [0.717, 1.165) is 31.5 Å². The molecule has 4 nitrogen and oxygen atoms in total. The highest BCUT2D eigenvalue weighted by Gasteiger charge is 2.19. The number of benzene rings is 1. The highest BCUT2D eigenvalue weighted by atomic mass is 35.5. The molecule has 1 aromatic rings. The van der Waals surface area contributed by atoms with E-state index in [9.17, 15) is 8.42 Å². The van der Waals surface area contributed by atoms with Crippen LogP contribution < -0.4 is 10.0 Å². The van der Waals surface area contributed by atoms with Crippen LogP contribution in [0.1, 0.15) is 18.9 Å². The smallest absolute Gasteiger partial charge is 0.240 e. The molecule has 0 bridgehead atoms. The van der Waals surface area contributed by atoms with Crippen LogP contribution in [0.15, 0.2) is 29.2 Å². The summed E-state index contributed by atoms with van der Waals surface area (Å²) in [5, 5.41) is 3.23. The lowest BCUT2D eigenvalue weighted by Crippen LogP contribution is -2.30. The second-order valence-electron chi connectivity index (χ2n) is 4.71. The van der Waals surface area contributed by atoms with Gasteiger partial charge >= 0.3 is 0 Å². The van der Waals surface area contributed by atoms with Crippen molar-refractivity contribution in [3.63, 3.8) is 0 Å². The van der Waals surface area contributed by atoms with Gasteiger partial charge in [-0.25, -0.2) is 13.1 Å². The maximum Gasteiger partial charge on any atom is 0.240 e. The molecule has 0 saturated carbocycles. The molecule has 1 fully saturated rings. The van der Waals surface area contributed by atoms with Gasteiger partial charge in [0.05, 0.1) is 4.90 Å². The lowest BCUT2D eigenvalue weighted by atomic mass is 10.1. The molecule has 6 heteroatoms. The number of halogens is 1. The Balaban J connectivity index is 0.00000180. The summed E-state index contributed by atoms with van der Waals surface area (Å²) in [6, 6.07) is 7.08. The summed E-state index contributed by atoms with van der Waals surface area (Å²) >= 11 is 0. The molecule has 0 spiro atoms. The summed E-state index contributed by atoms with van der Waals surface area (Å²) in [5.41, 5.74) is 1.15. The molecule has 2 rings (SSSR count). The van der Waals surface area contributed by atoms with Gasteiger partial charge in [-0.1, -0.05) is 19.1 Å². The molecule has 1 aromatic carbocycles. The van der Waals surface area contributed by atoms with E-state index in [1.54, 1.807) is 12.1 Å². The average Bonchev–Trinajstić information content (AvgIpc) is 2.90. The predicted octanol–water partition coefficient (Wildman–Crippen LogP) is 1.56. The summed E-state index contributed by atoms with van der Waals surface area (Å²) in [6.07, 6.45) is 1.96. The van der Waals surface area contributed by atoms with Crippen LogP contribution in [0, 0.1) is 5.92 Å². The largest absolute Gasteiger partial charge is 0.316 e. The van der Waals surface area contributed by atoms with Crippen molar-refractivity contribution in [3.8, 4) is 0 Å². The topological polar surface area (TPSA) is 58.2 Å². The highest BCUT2D eigenvalue weighted by molar-refractivity contribution is 7.89. The summed E-state index contributed by atoms with van der Waals surface area (Å²) in [7, 11) is -3.35. The minimum Gasteiger partial charge on any atom is -0.316 e. The fraction of sp³-hybridized carbons (Fsp3) is 0.538. The van der Waals surface area contributed by atoms with Crippen LogP contribution >= 0.6 is 12.4 Å². The number of hydrogen-bond acceptors (Lipinski definition) is 3. The fourth-order valence-corrected chi connectivity index (χ4v) is 3.22. The first-order valence-corrected chi connectivity index (χ1v) is 7.89. The monoisotopic (exact) mass is 304 g/mol. The van der Waals surface area contributed by atoms with Gasteiger partial charge in [-0.2, -0.15) is 0 Å². The highest BCUT2D eigenvalue weighted by Crippen LogP contribution is 2.12. The maximum absolute atomic E-state index is 12.1. The van der Waals surface area contributed by atoms with Crippen molar-refractivity contribution in [1.82, 2.24) is 10.0 Å². The van der Waals surface area contributed by atoms with Gasteiger partial charge in [0, 0.05) is 6.54 Å². The Morgan fingerprint density at radius 3 is 2.53 bits per heavy atom. The van der Waals surface area contributed by atoms with E-state index in [2.05, 4.69) is 17.0 Å². The van der Waals surface area contributed by atoms with E-state index >= 15 is 0 Å². The van der Waals surface area contributed by atoms with E-state index in [-0.39, 0.29) is 12.4 Å². The lowest BCUT2D eigenvalue weighted by Gasteiger charge is -2.11. The molecule has 0 aromatic heterocycles. The van der Waals surface area contributed by atoms with Crippen LogP contribution in [0.25, 0.3) is 0 Å². The minimum atomic E-state index is -3.35. The molecule has 2 N–H and O–H groups in total. The van der Waals surface area contributed by atoms with Crippen molar-refractivity contribution in [3.05, 3.63) is 29.8 Å². The van der Waals surface area contributed by atoms with E-state index in [1.165, 1.54) is 0 Å². The number of aryl methyl sites for hydroxylation is 1. The zero-order chi connectivity index (χ0) is 13.0. The number of sulfonamides is 1. The Bertz CT molecular complexity index is 482. The van der Waals surface area contributed by atoms with Gasteiger partial charge in [0.15, 0.2) is 0 Å². The Hall–Kier alpha value is -0.620. The SMILES string of the molecule is CCc1ccc(S(=O)(=O)NCC2CCNC2)cc1.Cl. The third kappa shape index (κ3) is 4.45. The molecule has 1 unspecified atom stereocenters. The second kappa shape index (κ2) is 7.24.